The maximum Gasteiger partial charge on any atom is 0.171 e. The summed E-state index contributed by atoms with van der Waals surface area (Å²) >= 11 is 5.27. The molecule has 1 aliphatic heterocycles. The lowest BCUT2D eigenvalue weighted by molar-refractivity contribution is 0.578. The maximum atomic E-state index is 5.27. The van der Waals surface area contributed by atoms with Crippen molar-refractivity contribution >= 4 is 28.7 Å². The molecule has 19 heavy (non-hydrogen) atoms. The molecule has 1 fully saturated rings. The van der Waals surface area contributed by atoms with Crippen LogP contribution in [0.3, 0.4) is 0 Å². The van der Waals surface area contributed by atoms with Gasteiger partial charge in [-0.3, -0.25) is 0 Å². The topological polar surface area (TPSA) is 27.3 Å². The van der Waals surface area contributed by atoms with E-state index >= 15 is 0 Å². The SMILES string of the molecule is C=CCNC(=S)Nc1ccccc1N1CCCCC1. The van der Waals surface area contributed by atoms with Crippen LogP contribution in [0.5, 0.6) is 0 Å². The number of thiocarbonyl (C=S) groups is 1. The molecule has 4 heteroatoms. The fourth-order valence-corrected chi connectivity index (χ4v) is 2.51. The molecule has 0 amide bonds. The van der Waals surface area contributed by atoms with Gasteiger partial charge in [0.15, 0.2) is 5.11 Å². The fraction of sp³-hybridized carbons (Fsp3) is 0.400. The molecule has 2 rings (SSSR count). The van der Waals surface area contributed by atoms with Crippen molar-refractivity contribution < 1.29 is 0 Å². The van der Waals surface area contributed by atoms with Crippen molar-refractivity contribution in [3.8, 4) is 0 Å². The molecule has 0 radical (unpaired) electrons. The molecular formula is C15H21N3S. The summed E-state index contributed by atoms with van der Waals surface area (Å²) in [7, 11) is 0. The number of piperidine rings is 1. The average molecular weight is 275 g/mol. The second-order valence-corrected chi connectivity index (χ2v) is 5.10. The van der Waals surface area contributed by atoms with Crippen LogP contribution in [-0.4, -0.2) is 24.7 Å². The number of hydrogen-bond acceptors (Lipinski definition) is 2. The van der Waals surface area contributed by atoms with Gasteiger partial charge in [0.05, 0.1) is 11.4 Å². The van der Waals surface area contributed by atoms with Crippen molar-refractivity contribution in [3.63, 3.8) is 0 Å². The van der Waals surface area contributed by atoms with Crippen LogP contribution in [0.4, 0.5) is 11.4 Å². The van der Waals surface area contributed by atoms with E-state index in [4.69, 9.17) is 12.2 Å². The summed E-state index contributed by atoms with van der Waals surface area (Å²) in [6.07, 6.45) is 5.68. The van der Waals surface area contributed by atoms with E-state index in [-0.39, 0.29) is 0 Å². The second kappa shape index (κ2) is 7.14. The van der Waals surface area contributed by atoms with Crippen LogP contribution < -0.4 is 15.5 Å². The lowest BCUT2D eigenvalue weighted by atomic mass is 10.1. The summed E-state index contributed by atoms with van der Waals surface area (Å²) in [5.41, 5.74) is 2.32. The van der Waals surface area contributed by atoms with E-state index in [1.807, 2.05) is 6.07 Å². The predicted molar refractivity (Wildman–Crippen MR) is 86.9 cm³/mol. The highest BCUT2D eigenvalue weighted by Crippen LogP contribution is 2.28. The van der Waals surface area contributed by atoms with Crippen LogP contribution in [0.25, 0.3) is 0 Å². The summed E-state index contributed by atoms with van der Waals surface area (Å²) < 4.78 is 0. The molecule has 102 valence electrons. The first-order valence-electron chi connectivity index (χ1n) is 6.81. The molecule has 1 aromatic carbocycles. The Morgan fingerprint density at radius 3 is 2.74 bits per heavy atom. The third-order valence-corrected chi connectivity index (χ3v) is 3.50. The zero-order chi connectivity index (χ0) is 13.5. The number of benzene rings is 1. The van der Waals surface area contributed by atoms with Crippen molar-refractivity contribution in [2.45, 2.75) is 19.3 Å². The number of rotatable bonds is 4. The second-order valence-electron chi connectivity index (χ2n) is 4.69. The van der Waals surface area contributed by atoms with Gasteiger partial charge in [0.2, 0.25) is 0 Å². The maximum absolute atomic E-state index is 5.27. The minimum atomic E-state index is 0.643. The molecule has 0 unspecified atom stereocenters. The van der Waals surface area contributed by atoms with Crippen LogP contribution in [0, 0.1) is 0 Å². The van der Waals surface area contributed by atoms with Crippen molar-refractivity contribution in [1.82, 2.24) is 5.32 Å². The summed E-state index contributed by atoms with van der Waals surface area (Å²) in [6, 6.07) is 8.34. The minimum Gasteiger partial charge on any atom is -0.370 e. The molecule has 0 spiro atoms. The van der Waals surface area contributed by atoms with Gasteiger partial charge in [-0.1, -0.05) is 18.2 Å². The highest BCUT2D eigenvalue weighted by Gasteiger charge is 2.14. The van der Waals surface area contributed by atoms with Crippen molar-refractivity contribution in [2.75, 3.05) is 29.9 Å². The molecule has 1 saturated heterocycles. The molecule has 0 aliphatic carbocycles. The summed E-state index contributed by atoms with van der Waals surface area (Å²) in [4.78, 5) is 2.43. The quantitative estimate of drug-likeness (QED) is 0.652. The zero-order valence-corrected chi connectivity index (χ0v) is 12.0. The Kier molecular flexibility index (Phi) is 5.21. The van der Waals surface area contributed by atoms with Gasteiger partial charge in [-0.2, -0.15) is 0 Å². The first-order chi connectivity index (χ1) is 9.31. The third-order valence-electron chi connectivity index (χ3n) is 3.26. The molecular weight excluding hydrogens is 254 g/mol. The van der Waals surface area contributed by atoms with Gasteiger partial charge < -0.3 is 15.5 Å². The smallest absolute Gasteiger partial charge is 0.171 e. The monoisotopic (exact) mass is 275 g/mol. The van der Waals surface area contributed by atoms with Gasteiger partial charge in [0, 0.05) is 19.6 Å². The van der Waals surface area contributed by atoms with E-state index in [2.05, 4.69) is 40.3 Å². The number of anilines is 2. The first kappa shape index (κ1) is 13.9. The van der Waals surface area contributed by atoms with Gasteiger partial charge in [-0.25, -0.2) is 0 Å². The fourth-order valence-electron chi connectivity index (χ4n) is 2.32. The Morgan fingerprint density at radius 1 is 1.26 bits per heavy atom. The van der Waals surface area contributed by atoms with Crippen LogP contribution >= 0.6 is 12.2 Å². The van der Waals surface area contributed by atoms with Crippen LogP contribution in [0.2, 0.25) is 0 Å². The Labute approximate surface area is 120 Å². The highest BCUT2D eigenvalue weighted by atomic mass is 32.1. The molecule has 3 nitrogen and oxygen atoms in total. The molecule has 0 bridgehead atoms. The molecule has 0 atom stereocenters. The summed E-state index contributed by atoms with van der Waals surface area (Å²) in [6.45, 7) is 6.61. The Hall–Kier alpha value is -1.55. The Bertz CT molecular complexity index is 439. The average Bonchev–Trinajstić information content (AvgIpc) is 2.46. The van der Waals surface area contributed by atoms with Gasteiger partial charge in [0.1, 0.15) is 0 Å². The van der Waals surface area contributed by atoms with Crippen molar-refractivity contribution in [1.29, 1.82) is 0 Å². The van der Waals surface area contributed by atoms with Gasteiger partial charge in [-0.05, 0) is 43.6 Å². The number of para-hydroxylation sites is 2. The standard InChI is InChI=1S/C15H21N3S/c1-2-10-16-15(19)17-13-8-4-5-9-14(13)18-11-6-3-7-12-18/h2,4-5,8-9H,1,3,6-7,10-12H2,(H2,16,17,19). The molecule has 1 aliphatic rings. The Balaban J connectivity index is 2.07. The van der Waals surface area contributed by atoms with Gasteiger partial charge in [-0.15, -0.1) is 6.58 Å². The van der Waals surface area contributed by atoms with E-state index < -0.39 is 0 Å². The largest absolute Gasteiger partial charge is 0.370 e. The Morgan fingerprint density at radius 2 is 2.00 bits per heavy atom. The summed E-state index contributed by atoms with van der Waals surface area (Å²) in [5.74, 6) is 0. The van der Waals surface area contributed by atoms with E-state index in [1.54, 1.807) is 6.08 Å². The molecule has 1 aromatic rings. The van der Waals surface area contributed by atoms with Crippen molar-refractivity contribution in [2.24, 2.45) is 0 Å². The van der Waals surface area contributed by atoms with E-state index in [0.29, 0.717) is 11.7 Å². The van der Waals surface area contributed by atoms with E-state index in [1.165, 1.54) is 24.9 Å². The predicted octanol–water partition coefficient (Wildman–Crippen LogP) is 3.15. The number of hydrogen-bond donors (Lipinski definition) is 2. The van der Waals surface area contributed by atoms with Gasteiger partial charge in [0.25, 0.3) is 0 Å². The normalized spacial score (nSPS) is 14.8. The number of nitrogens with one attached hydrogen (secondary N) is 2. The summed E-state index contributed by atoms with van der Waals surface area (Å²) in [5, 5.41) is 7.01. The molecule has 2 N–H and O–H groups in total. The first-order valence-corrected chi connectivity index (χ1v) is 7.22. The zero-order valence-electron chi connectivity index (χ0n) is 11.2. The number of nitrogens with zero attached hydrogens (tertiary/aromatic N) is 1. The van der Waals surface area contributed by atoms with Crippen LogP contribution in [-0.2, 0) is 0 Å². The van der Waals surface area contributed by atoms with Crippen LogP contribution in [0.15, 0.2) is 36.9 Å². The van der Waals surface area contributed by atoms with Crippen LogP contribution in [0.1, 0.15) is 19.3 Å². The van der Waals surface area contributed by atoms with E-state index in [9.17, 15) is 0 Å². The van der Waals surface area contributed by atoms with Gasteiger partial charge >= 0.3 is 0 Å². The molecule has 1 heterocycles. The molecule has 0 saturated carbocycles. The highest BCUT2D eigenvalue weighted by molar-refractivity contribution is 7.80. The lowest BCUT2D eigenvalue weighted by Crippen LogP contribution is -2.32. The lowest BCUT2D eigenvalue weighted by Gasteiger charge is -2.30. The minimum absolute atomic E-state index is 0.643. The third kappa shape index (κ3) is 3.96. The van der Waals surface area contributed by atoms with E-state index in [0.717, 1.165) is 18.8 Å². The molecule has 0 aromatic heterocycles. The van der Waals surface area contributed by atoms with Crippen molar-refractivity contribution in [3.05, 3.63) is 36.9 Å².